The molecule has 1 nitrogen and oxygen atoms in total. The molecule has 0 aromatic carbocycles. The largest absolute Gasteiger partial charge is 0.265 e. The molecule has 0 N–H and O–H groups in total. The fourth-order valence-corrected chi connectivity index (χ4v) is 1.62. The molecule has 0 aliphatic heterocycles. The van der Waals surface area contributed by atoms with E-state index in [0.717, 1.165) is 32.1 Å². The molecule has 1 heteroatoms. The van der Waals surface area contributed by atoms with E-state index >= 15 is 0 Å². The number of nitrogens with zero attached hydrogens (tertiary/aromatic N) is 1. The average Bonchev–Trinajstić information content (AvgIpc) is 2.36. The lowest BCUT2D eigenvalue weighted by Gasteiger charge is -2.00. The monoisotopic (exact) mass is 229 g/mol. The molecule has 0 spiro atoms. The molecule has 92 valence electrons. The summed E-state index contributed by atoms with van der Waals surface area (Å²) in [6, 6.07) is 0. The summed E-state index contributed by atoms with van der Waals surface area (Å²) in [5.74, 6) is 0. The van der Waals surface area contributed by atoms with Gasteiger partial charge in [-0.25, -0.2) is 0 Å². The zero-order valence-corrected chi connectivity index (χ0v) is 10.8. The maximum atomic E-state index is 4.34. The molecular weight excluding hydrogens is 206 g/mol. The summed E-state index contributed by atoms with van der Waals surface area (Å²) in [6.07, 6.45) is 23.8. The highest BCUT2D eigenvalue weighted by atomic mass is 14.7. The Bertz CT molecular complexity index is 329. The van der Waals surface area contributed by atoms with Crippen molar-refractivity contribution in [1.82, 2.24) is 0 Å². The van der Waals surface area contributed by atoms with E-state index in [4.69, 9.17) is 0 Å². The quantitative estimate of drug-likeness (QED) is 0.603. The van der Waals surface area contributed by atoms with Crippen LogP contribution in [0.25, 0.3) is 0 Å². The lowest BCUT2D eigenvalue weighted by atomic mass is 10.1. The second-order valence-corrected chi connectivity index (χ2v) is 4.20. The van der Waals surface area contributed by atoms with Crippen molar-refractivity contribution in [2.75, 3.05) is 0 Å². The highest BCUT2D eigenvalue weighted by Crippen LogP contribution is 2.08. The van der Waals surface area contributed by atoms with Gasteiger partial charge in [-0.15, -0.1) is 0 Å². The fourth-order valence-electron chi connectivity index (χ4n) is 1.62. The smallest absolute Gasteiger partial charge is 0.0296 e. The first-order valence-electron chi connectivity index (χ1n) is 6.62. The van der Waals surface area contributed by atoms with Gasteiger partial charge >= 0.3 is 0 Å². The number of rotatable bonds is 4. The summed E-state index contributed by atoms with van der Waals surface area (Å²) < 4.78 is 0. The van der Waals surface area contributed by atoms with Gasteiger partial charge in [-0.1, -0.05) is 49.8 Å². The van der Waals surface area contributed by atoms with E-state index in [1.165, 1.54) is 12.0 Å². The highest BCUT2D eigenvalue weighted by Gasteiger charge is 1.92. The third-order valence-electron chi connectivity index (χ3n) is 2.61. The van der Waals surface area contributed by atoms with Crippen LogP contribution in [-0.4, -0.2) is 6.21 Å². The molecule has 0 saturated carbocycles. The van der Waals surface area contributed by atoms with Gasteiger partial charge in [0.05, 0.1) is 0 Å². The Morgan fingerprint density at radius 2 is 2.00 bits per heavy atom. The molecule has 0 amide bonds. The first-order valence-corrected chi connectivity index (χ1v) is 6.62. The van der Waals surface area contributed by atoms with Crippen molar-refractivity contribution in [3.8, 4) is 0 Å². The second-order valence-electron chi connectivity index (χ2n) is 4.20. The van der Waals surface area contributed by atoms with E-state index < -0.39 is 0 Å². The normalized spacial score (nSPS) is 24.6. The lowest BCUT2D eigenvalue weighted by Crippen LogP contribution is -1.86. The Morgan fingerprint density at radius 1 is 1.18 bits per heavy atom. The van der Waals surface area contributed by atoms with E-state index in [1.54, 1.807) is 0 Å². The lowest BCUT2D eigenvalue weighted by molar-refractivity contribution is 0.955. The van der Waals surface area contributed by atoms with Crippen molar-refractivity contribution in [2.24, 2.45) is 4.99 Å². The van der Waals surface area contributed by atoms with Gasteiger partial charge in [0, 0.05) is 12.4 Å². The molecule has 1 aliphatic carbocycles. The third kappa shape index (κ3) is 7.51. The van der Waals surface area contributed by atoms with Gasteiger partial charge in [0.15, 0.2) is 0 Å². The van der Waals surface area contributed by atoms with Crippen LogP contribution in [0.3, 0.4) is 0 Å². The van der Waals surface area contributed by atoms with Crippen LogP contribution in [0.1, 0.15) is 45.4 Å². The van der Waals surface area contributed by atoms with E-state index in [9.17, 15) is 0 Å². The Balaban J connectivity index is 2.46. The second kappa shape index (κ2) is 9.83. The third-order valence-corrected chi connectivity index (χ3v) is 2.61. The van der Waals surface area contributed by atoms with Crippen molar-refractivity contribution in [1.29, 1.82) is 0 Å². The standard InChI is InChI=1S/C16H23N/c1-2-3-11-14-17-15-16-12-9-7-5-4-6-8-10-13-16/h4-7,11,13-15H,2-3,8-10,12H2,1H3/b6-4-,7-5-,14-11-,16-13+,17-15-. The molecule has 0 radical (unpaired) electrons. The first-order chi connectivity index (χ1) is 8.43. The number of aliphatic imine (C=N–C) groups is 1. The topological polar surface area (TPSA) is 12.4 Å². The number of hydrogen-bond donors (Lipinski definition) is 0. The molecule has 0 fully saturated rings. The zero-order chi connectivity index (χ0) is 12.2. The van der Waals surface area contributed by atoms with Gasteiger partial charge < -0.3 is 0 Å². The van der Waals surface area contributed by atoms with Crippen molar-refractivity contribution in [3.05, 3.63) is 48.2 Å². The summed E-state index contributed by atoms with van der Waals surface area (Å²) >= 11 is 0. The molecule has 0 bridgehead atoms. The fraction of sp³-hybridized carbons (Fsp3) is 0.438. The van der Waals surface area contributed by atoms with Gasteiger partial charge in [-0.2, -0.15) is 0 Å². The first kappa shape index (κ1) is 13.7. The van der Waals surface area contributed by atoms with Crippen LogP contribution in [0.2, 0.25) is 0 Å². The summed E-state index contributed by atoms with van der Waals surface area (Å²) in [6.45, 7) is 2.18. The summed E-state index contributed by atoms with van der Waals surface area (Å²) in [5, 5.41) is 0. The minimum absolute atomic E-state index is 1.09. The SMILES string of the molecule is CCC\C=C/N=C\C1=C\CC/C=C\C=C/CC1. The predicted octanol–water partition coefficient (Wildman–Crippen LogP) is 4.98. The summed E-state index contributed by atoms with van der Waals surface area (Å²) in [7, 11) is 0. The summed E-state index contributed by atoms with van der Waals surface area (Å²) in [5.41, 5.74) is 1.35. The van der Waals surface area contributed by atoms with Crippen LogP contribution >= 0.6 is 0 Å². The van der Waals surface area contributed by atoms with Crippen molar-refractivity contribution < 1.29 is 0 Å². The molecule has 17 heavy (non-hydrogen) atoms. The van der Waals surface area contributed by atoms with E-state index in [0.29, 0.717) is 0 Å². The molecule has 1 rings (SSSR count). The molecular formula is C16H23N. The maximum Gasteiger partial charge on any atom is 0.0296 e. The minimum Gasteiger partial charge on any atom is -0.265 e. The molecule has 0 atom stereocenters. The van der Waals surface area contributed by atoms with E-state index in [-0.39, 0.29) is 0 Å². The van der Waals surface area contributed by atoms with Crippen molar-refractivity contribution >= 4 is 6.21 Å². The van der Waals surface area contributed by atoms with Crippen LogP contribution < -0.4 is 0 Å². The Morgan fingerprint density at radius 3 is 2.82 bits per heavy atom. The van der Waals surface area contributed by atoms with Gasteiger partial charge in [-0.3, -0.25) is 4.99 Å². The highest BCUT2D eigenvalue weighted by molar-refractivity contribution is 5.78. The zero-order valence-electron chi connectivity index (χ0n) is 10.8. The molecule has 0 unspecified atom stereocenters. The maximum absolute atomic E-state index is 4.34. The van der Waals surface area contributed by atoms with E-state index in [1.807, 2.05) is 12.4 Å². The van der Waals surface area contributed by atoms with Crippen LogP contribution in [0.4, 0.5) is 0 Å². The molecule has 0 saturated heterocycles. The van der Waals surface area contributed by atoms with Gasteiger partial charge in [0.1, 0.15) is 0 Å². The average molecular weight is 229 g/mol. The number of hydrogen-bond acceptors (Lipinski definition) is 1. The molecule has 0 aromatic rings. The summed E-state index contributed by atoms with van der Waals surface area (Å²) in [4.78, 5) is 4.34. The van der Waals surface area contributed by atoms with Crippen LogP contribution in [-0.2, 0) is 0 Å². The Kier molecular flexibility index (Phi) is 7.92. The van der Waals surface area contributed by atoms with Gasteiger partial charge in [0.2, 0.25) is 0 Å². The Hall–Kier alpha value is -1.37. The van der Waals surface area contributed by atoms with Crippen LogP contribution in [0, 0.1) is 0 Å². The van der Waals surface area contributed by atoms with E-state index in [2.05, 4.69) is 48.4 Å². The molecule has 1 aliphatic rings. The van der Waals surface area contributed by atoms with Crippen molar-refractivity contribution in [2.45, 2.75) is 45.4 Å². The molecule has 0 heterocycles. The van der Waals surface area contributed by atoms with Crippen molar-refractivity contribution in [3.63, 3.8) is 0 Å². The molecule has 0 aromatic heterocycles. The van der Waals surface area contributed by atoms with Gasteiger partial charge in [-0.05, 0) is 37.7 Å². The Labute approximate surface area is 105 Å². The number of allylic oxidation sites excluding steroid dienone is 7. The van der Waals surface area contributed by atoms with Gasteiger partial charge in [0.25, 0.3) is 0 Å². The predicted molar refractivity (Wildman–Crippen MR) is 77.4 cm³/mol. The van der Waals surface area contributed by atoms with Crippen LogP contribution in [0.15, 0.2) is 53.2 Å². The number of unbranched alkanes of at least 4 members (excludes halogenated alkanes) is 1. The minimum atomic E-state index is 1.09. The van der Waals surface area contributed by atoms with Crippen LogP contribution in [0.5, 0.6) is 0 Å².